The fraction of sp³-hybridized carbons (Fsp3) is 0.759. The Morgan fingerprint density at radius 2 is 1.70 bits per heavy atom. The number of rotatable bonds is 7. The second-order valence-corrected chi connectivity index (χ2v) is 18.2. The Morgan fingerprint density at radius 1 is 1.03 bits per heavy atom. The third-order valence-electron chi connectivity index (χ3n) is 8.05. The van der Waals surface area contributed by atoms with Gasteiger partial charge in [-0.25, -0.2) is 4.79 Å². The second-order valence-electron chi connectivity index (χ2n) is 13.3. The van der Waals surface area contributed by atoms with Crippen LogP contribution in [0.25, 0.3) is 0 Å². The Bertz CT molecular complexity index is 868. The van der Waals surface area contributed by atoms with Crippen LogP contribution < -0.4 is 0 Å². The number of morpholine rings is 1. The zero-order chi connectivity index (χ0) is 27.4. The van der Waals surface area contributed by atoms with Crippen LogP contribution in [0.5, 0.6) is 0 Å². The maximum atomic E-state index is 13.1. The first-order valence-electron chi connectivity index (χ1n) is 13.9. The highest BCUT2D eigenvalue weighted by Crippen LogP contribution is 2.36. The number of carbonyl (C=O) groups excluding carboxylic acids is 1. The van der Waals surface area contributed by atoms with Crippen LogP contribution in [0.3, 0.4) is 0 Å². The molecule has 2 saturated heterocycles. The third-order valence-corrected chi connectivity index (χ3v) is 12.5. The zero-order valence-corrected chi connectivity index (χ0v) is 25.8. The van der Waals surface area contributed by atoms with Gasteiger partial charge < -0.3 is 18.8 Å². The summed E-state index contributed by atoms with van der Waals surface area (Å²) >= 11 is 0. The Hall–Kier alpha value is -1.45. The molecule has 3 atom stereocenters. The van der Waals surface area contributed by atoms with Gasteiger partial charge in [0.15, 0.2) is 8.32 Å². The van der Waals surface area contributed by atoms with Crippen molar-refractivity contribution in [3.8, 4) is 0 Å². The van der Waals surface area contributed by atoms with Gasteiger partial charge >= 0.3 is 6.09 Å². The fourth-order valence-corrected chi connectivity index (χ4v) is 5.79. The van der Waals surface area contributed by atoms with E-state index >= 15 is 0 Å². The first-order valence-corrected chi connectivity index (χ1v) is 16.8. The lowest BCUT2D eigenvalue weighted by Crippen LogP contribution is -2.63. The number of benzene rings is 1. The van der Waals surface area contributed by atoms with Crippen molar-refractivity contribution >= 4 is 14.4 Å². The number of hydrogen-bond acceptors (Lipinski definition) is 6. The van der Waals surface area contributed by atoms with Gasteiger partial charge in [0.2, 0.25) is 0 Å². The quantitative estimate of drug-likeness (QED) is 0.448. The van der Waals surface area contributed by atoms with E-state index in [-0.39, 0.29) is 29.3 Å². The molecule has 7 nitrogen and oxygen atoms in total. The number of hydrogen-bond donors (Lipinski definition) is 0. The third kappa shape index (κ3) is 8.52. The van der Waals surface area contributed by atoms with Gasteiger partial charge in [0.05, 0.1) is 25.9 Å². The molecule has 1 amide bonds. The van der Waals surface area contributed by atoms with Gasteiger partial charge in [-0.2, -0.15) is 0 Å². The van der Waals surface area contributed by atoms with Crippen molar-refractivity contribution in [3.05, 3.63) is 35.9 Å². The molecule has 0 aliphatic carbocycles. The van der Waals surface area contributed by atoms with Gasteiger partial charge in [-0.05, 0) is 51.4 Å². The molecular formula is C29H51N3O4Si. The molecule has 0 saturated carbocycles. The van der Waals surface area contributed by atoms with Gasteiger partial charge in [-0.3, -0.25) is 9.80 Å². The highest BCUT2D eigenvalue weighted by molar-refractivity contribution is 6.74. The van der Waals surface area contributed by atoms with Gasteiger partial charge in [-0.1, -0.05) is 51.1 Å². The minimum atomic E-state index is -1.86. The summed E-state index contributed by atoms with van der Waals surface area (Å²) in [7, 11) is -1.86. The summed E-state index contributed by atoms with van der Waals surface area (Å²) < 4.78 is 18.3. The number of nitrogens with zero attached hydrogens (tertiary/aromatic N) is 3. The van der Waals surface area contributed by atoms with E-state index in [4.69, 9.17) is 13.9 Å². The van der Waals surface area contributed by atoms with Crippen LogP contribution in [0.15, 0.2) is 30.3 Å². The van der Waals surface area contributed by atoms with Crippen LogP contribution in [-0.2, 0) is 20.4 Å². The van der Waals surface area contributed by atoms with E-state index in [0.717, 1.165) is 32.8 Å². The summed E-state index contributed by atoms with van der Waals surface area (Å²) in [5.74, 6) is 0. The standard InChI is InChI=1S/C29H51N3O4Si/c1-23-17-31(18-24-13-11-10-12-14-24)25(20-32(23)27(33)36-28(2,3)4)19-30-15-16-34-21-26(30)22-35-37(8,9)29(5,6)7/h10-14,23,25-26H,15-22H2,1-9H3/t23-,25+,26+/m1/s1. The first kappa shape index (κ1) is 30.1. The summed E-state index contributed by atoms with van der Waals surface area (Å²) in [6.45, 7) is 25.6. The van der Waals surface area contributed by atoms with Gasteiger partial charge in [0, 0.05) is 44.8 Å². The topological polar surface area (TPSA) is 54.5 Å². The van der Waals surface area contributed by atoms with E-state index < -0.39 is 13.9 Å². The Labute approximate surface area is 226 Å². The molecule has 0 bridgehead atoms. The van der Waals surface area contributed by atoms with Crippen molar-refractivity contribution in [1.29, 1.82) is 0 Å². The smallest absolute Gasteiger partial charge is 0.410 e. The SMILES string of the molecule is C[C@@H]1CN(Cc2ccccc2)[C@@H](CN2CCOC[C@H]2CO[Si](C)(C)C(C)(C)C)CN1C(=O)OC(C)(C)C. The largest absolute Gasteiger partial charge is 0.444 e. The lowest BCUT2D eigenvalue weighted by atomic mass is 10.0. The molecule has 8 heteroatoms. The molecule has 2 heterocycles. The predicted molar refractivity (Wildman–Crippen MR) is 152 cm³/mol. The fourth-order valence-electron chi connectivity index (χ4n) is 4.74. The minimum absolute atomic E-state index is 0.0808. The summed E-state index contributed by atoms with van der Waals surface area (Å²) in [6, 6.07) is 11.1. The van der Waals surface area contributed by atoms with E-state index in [9.17, 15) is 4.79 Å². The molecular weight excluding hydrogens is 482 g/mol. The average molecular weight is 534 g/mol. The number of carbonyl (C=O) groups is 1. The Kier molecular flexibility index (Phi) is 9.89. The van der Waals surface area contributed by atoms with E-state index in [1.54, 1.807) is 0 Å². The lowest BCUT2D eigenvalue weighted by Gasteiger charge is -2.48. The van der Waals surface area contributed by atoms with E-state index in [1.165, 1.54) is 5.56 Å². The molecule has 2 aliphatic heterocycles. The molecule has 0 radical (unpaired) electrons. The van der Waals surface area contributed by atoms with Gasteiger partial charge in [0.1, 0.15) is 5.60 Å². The molecule has 3 rings (SSSR count). The van der Waals surface area contributed by atoms with Gasteiger partial charge in [0.25, 0.3) is 0 Å². The Morgan fingerprint density at radius 3 is 2.32 bits per heavy atom. The van der Waals surface area contributed by atoms with Crippen LogP contribution in [-0.4, -0.2) is 98.8 Å². The Balaban J connectivity index is 1.77. The molecule has 1 aromatic carbocycles. The molecule has 0 aromatic heterocycles. The van der Waals surface area contributed by atoms with Crippen molar-refractivity contribution < 1.29 is 18.7 Å². The monoisotopic (exact) mass is 533 g/mol. The molecule has 1 aromatic rings. The van der Waals surface area contributed by atoms with Crippen LogP contribution in [0.1, 0.15) is 54.0 Å². The second kappa shape index (κ2) is 12.2. The maximum Gasteiger partial charge on any atom is 0.410 e. The molecule has 0 unspecified atom stereocenters. The van der Waals surface area contributed by atoms with Crippen molar-refractivity contribution in [3.63, 3.8) is 0 Å². The minimum Gasteiger partial charge on any atom is -0.444 e. The summed E-state index contributed by atoms with van der Waals surface area (Å²) in [5, 5.41) is 0.174. The molecule has 0 N–H and O–H groups in total. The normalized spacial score (nSPS) is 24.8. The number of amides is 1. The van der Waals surface area contributed by atoms with Crippen LogP contribution >= 0.6 is 0 Å². The summed E-state index contributed by atoms with van der Waals surface area (Å²) in [4.78, 5) is 20.1. The summed E-state index contributed by atoms with van der Waals surface area (Å²) in [5.41, 5.74) is 0.786. The lowest BCUT2D eigenvalue weighted by molar-refractivity contribution is -0.0547. The molecule has 0 spiro atoms. The van der Waals surface area contributed by atoms with Crippen LogP contribution in [0, 0.1) is 0 Å². The maximum absolute atomic E-state index is 13.1. The van der Waals surface area contributed by atoms with Crippen molar-refractivity contribution in [2.24, 2.45) is 0 Å². The van der Waals surface area contributed by atoms with E-state index in [0.29, 0.717) is 19.8 Å². The van der Waals surface area contributed by atoms with Crippen molar-refractivity contribution in [2.45, 2.75) is 96.9 Å². The van der Waals surface area contributed by atoms with Crippen LogP contribution in [0.4, 0.5) is 4.79 Å². The van der Waals surface area contributed by atoms with Gasteiger partial charge in [-0.15, -0.1) is 0 Å². The molecule has 2 fully saturated rings. The number of ether oxygens (including phenoxy) is 2. The highest BCUT2D eigenvalue weighted by Gasteiger charge is 2.40. The van der Waals surface area contributed by atoms with Crippen molar-refractivity contribution in [1.82, 2.24) is 14.7 Å². The molecule has 210 valence electrons. The summed E-state index contributed by atoms with van der Waals surface area (Å²) in [6.07, 6.45) is -0.218. The molecule has 37 heavy (non-hydrogen) atoms. The van der Waals surface area contributed by atoms with E-state index in [2.05, 4.69) is 80.9 Å². The average Bonchev–Trinajstić information content (AvgIpc) is 2.79. The highest BCUT2D eigenvalue weighted by atomic mass is 28.4. The predicted octanol–water partition coefficient (Wildman–Crippen LogP) is 5.22. The number of piperazine rings is 1. The van der Waals surface area contributed by atoms with Crippen LogP contribution in [0.2, 0.25) is 18.1 Å². The molecule has 2 aliphatic rings. The van der Waals surface area contributed by atoms with Crippen molar-refractivity contribution in [2.75, 3.05) is 46.0 Å². The first-order chi connectivity index (χ1) is 17.2. The zero-order valence-electron chi connectivity index (χ0n) is 24.8. The van der Waals surface area contributed by atoms with E-state index in [1.807, 2.05) is 25.7 Å².